The molecule has 2 heterocycles. The molecular weight excluding hydrogens is 180 g/mol. The average molecular weight is 194 g/mol. The van der Waals surface area contributed by atoms with Crippen LogP contribution in [0.4, 0.5) is 5.82 Å². The van der Waals surface area contributed by atoms with Gasteiger partial charge in [-0.3, -0.25) is 0 Å². The van der Waals surface area contributed by atoms with Gasteiger partial charge in [0.15, 0.2) is 11.5 Å². The fourth-order valence-electron chi connectivity index (χ4n) is 1.55. The van der Waals surface area contributed by atoms with E-state index >= 15 is 0 Å². The van der Waals surface area contributed by atoms with Gasteiger partial charge in [0.25, 0.3) is 0 Å². The molecule has 0 amide bonds. The Labute approximate surface area is 81.9 Å². The molecule has 76 valence electrons. The maximum atomic E-state index is 5.75. The molecule has 2 aromatic rings. The minimum absolute atomic E-state index is 0.509. The maximum Gasteiger partial charge on any atom is 0.198 e. The molecule has 6 heteroatoms. The molecule has 0 atom stereocenters. The summed E-state index contributed by atoms with van der Waals surface area (Å²) >= 11 is 0. The first kappa shape index (κ1) is 8.86. The number of fused-ring (bicyclic) bond motifs is 1. The van der Waals surface area contributed by atoms with E-state index in [1.54, 1.807) is 17.2 Å². The third kappa shape index (κ3) is 1.11. The number of hydrogen-bond donors (Lipinski definition) is 1. The summed E-state index contributed by atoms with van der Waals surface area (Å²) in [6.45, 7) is 6.00. The minimum Gasteiger partial charge on any atom is -0.381 e. The van der Waals surface area contributed by atoms with E-state index in [1.165, 1.54) is 0 Å². The van der Waals surface area contributed by atoms with Crippen molar-refractivity contribution >= 4 is 11.5 Å². The van der Waals surface area contributed by atoms with Gasteiger partial charge < -0.3 is 10.7 Å². The Morgan fingerprint density at radius 1 is 1.36 bits per heavy atom. The highest BCUT2D eigenvalue weighted by atomic mass is 15.6. The Bertz CT molecular complexity index is 424. The van der Waals surface area contributed by atoms with E-state index in [0.29, 0.717) is 5.82 Å². The van der Waals surface area contributed by atoms with Crippen LogP contribution in [0.1, 0.15) is 13.8 Å². The fourth-order valence-corrected chi connectivity index (χ4v) is 1.55. The lowest BCUT2D eigenvalue weighted by Crippen LogP contribution is -2.33. The molecule has 0 spiro atoms. The zero-order valence-corrected chi connectivity index (χ0v) is 8.38. The number of rotatable bonds is 3. The van der Waals surface area contributed by atoms with Crippen LogP contribution < -0.4 is 10.7 Å². The summed E-state index contributed by atoms with van der Waals surface area (Å²) in [5.74, 6) is 0.509. The Hall–Kier alpha value is -1.72. The molecule has 2 N–H and O–H groups in total. The fraction of sp³-hybridized carbons (Fsp3) is 0.500. The molecule has 0 unspecified atom stereocenters. The van der Waals surface area contributed by atoms with Crippen LogP contribution in [0.3, 0.4) is 0 Å². The van der Waals surface area contributed by atoms with Gasteiger partial charge >= 0.3 is 0 Å². The highest BCUT2D eigenvalue weighted by molar-refractivity contribution is 5.60. The van der Waals surface area contributed by atoms with Gasteiger partial charge in [0.1, 0.15) is 12.7 Å². The van der Waals surface area contributed by atoms with E-state index in [-0.39, 0.29) is 0 Å². The third-order valence-electron chi connectivity index (χ3n) is 2.29. The SMILES string of the molecule is CCN(CC)n1cnn2cnc(N)c12. The van der Waals surface area contributed by atoms with Gasteiger partial charge in [-0.15, -0.1) is 0 Å². The predicted octanol–water partition coefficient (Wildman–Crippen LogP) is 0.0908. The van der Waals surface area contributed by atoms with Gasteiger partial charge in [0.05, 0.1) is 0 Å². The van der Waals surface area contributed by atoms with Crippen LogP contribution in [0.15, 0.2) is 12.7 Å². The van der Waals surface area contributed by atoms with Gasteiger partial charge in [-0.2, -0.15) is 9.61 Å². The lowest BCUT2D eigenvalue weighted by Gasteiger charge is -2.21. The number of aromatic nitrogens is 4. The van der Waals surface area contributed by atoms with Crippen LogP contribution in [0, 0.1) is 0 Å². The van der Waals surface area contributed by atoms with Crippen molar-refractivity contribution in [2.24, 2.45) is 0 Å². The number of nitrogens with zero attached hydrogens (tertiary/aromatic N) is 5. The first-order chi connectivity index (χ1) is 6.77. The minimum atomic E-state index is 0.509. The second-order valence-electron chi connectivity index (χ2n) is 3.01. The summed E-state index contributed by atoms with van der Waals surface area (Å²) in [5, 5.41) is 6.28. The van der Waals surface area contributed by atoms with Crippen molar-refractivity contribution < 1.29 is 0 Å². The Kier molecular flexibility index (Phi) is 2.03. The number of anilines is 1. The molecule has 0 saturated carbocycles. The molecule has 0 aliphatic heterocycles. The molecule has 0 bridgehead atoms. The van der Waals surface area contributed by atoms with Gasteiger partial charge in [-0.05, 0) is 13.8 Å². The van der Waals surface area contributed by atoms with Crippen LogP contribution in [-0.2, 0) is 0 Å². The molecule has 14 heavy (non-hydrogen) atoms. The van der Waals surface area contributed by atoms with E-state index in [0.717, 1.165) is 18.7 Å². The smallest absolute Gasteiger partial charge is 0.198 e. The summed E-state index contributed by atoms with van der Waals surface area (Å²) in [4.78, 5) is 4.00. The lowest BCUT2D eigenvalue weighted by molar-refractivity contribution is 0.634. The summed E-state index contributed by atoms with van der Waals surface area (Å²) in [6.07, 6.45) is 3.37. The number of nitrogens with two attached hydrogens (primary N) is 1. The first-order valence-corrected chi connectivity index (χ1v) is 4.69. The molecular formula is C8H14N6. The number of imidazole rings is 1. The number of hydrogen-bond acceptors (Lipinski definition) is 4. The van der Waals surface area contributed by atoms with E-state index in [2.05, 4.69) is 28.9 Å². The van der Waals surface area contributed by atoms with Crippen molar-refractivity contribution in [3.63, 3.8) is 0 Å². The highest BCUT2D eigenvalue weighted by Crippen LogP contribution is 2.10. The van der Waals surface area contributed by atoms with E-state index in [4.69, 9.17) is 5.73 Å². The highest BCUT2D eigenvalue weighted by Gasteiger charge is 2.10. The monoisotopic (exact) mass is 194 g/mol. The molecule has 2 aromatic heterocycles. The maximum absolute atomic E-state index is 5.75. The number of nitrogen functional groups attached to an aromatic ring is 1. The van der Waals surface area contributed by atoms with Gasteiger partial charge in [-0.25, -0.2) is 9.66 Å². The van der Waals surface area contributed by atoms with Gasteiger partial charge in [-0.1, -0.05) is 0 Å². The van der Waals surface area contributed by atoms with Crippen LogP contribution in [0.25, 0.3) is 5.65 Å². The van der Waals surface area contributed by atoms with Gasteiger partial charge in [0.2, 0.25) is 0 Å². The molecule has 6 nitrogen and oxygen atoms in total. The molecule has 0 aliphatic rings. The second kappa shape index (κ2) is 3.21. The summed E-state index contributed by atoms with van der Waals surface area (Å²) < 4.78 is 3.61. The van der Waals surface area contributed by atoms with E-state index in [1.807, 2.05) is 4.68 Å². The van der Waals surface area contributed by atoms with E-state index in [9.17, 15) is 0 Å². The lowest BCUT2D eigenvalue weighted by atomic mass is 10.6. The zero-order valence-electron chi connectivity index (χ0n) is 8.38. The zero-order chi connectivity index (χ0) is 10.1. The van der Waals surface area contributed by atoms with Crippen molar-refractivity contribution in [1.29, 1.82) is 0 Å². The Balaban J connectivity index is 2.55. The summed E-state index contributed by atoms with van der Waals surface area (Å²) in [6, 6.07) is 0. The van der Waals surface area contributed by atoms with Crippen molar-refractivity contribution in [2.45, 2.75) is 13.8 Å². The van der Waals surface area contributed by atoms with Crippen LogP contribution in [0.2, 0.25) is 0 Å². The van der Waals surface area contributed by atoms with E-state index < -0.39 is 0 Å². The average Bonchev–Trinajstić information content (AvgIpc) is 2.74. The van der Waals surface area contributed by atoms with Crippen LogP contribution in [0.5, 0.6) is 0 Å². The Morgan fingerprint density at radius 2 is 2.07 bits per heavy atom. The predicted molar refractivity (Wildman–Crippen MR) is 54.7 cm³/mol. The molecule has 0 radical (unpaired) electrons. The van der Waals surface area contributed by atoms with Crippen molar-refractivity contribution in [3.05, 3.63) is 12.7 Å². The molecule has 0 saturated heterocycles. The second-order valence-corrected chi connectivity index (χ2v) is 3.01. The third-order valence-corrected chi connectivity index (χ3v) is 2.29. The Morgan fingerprint density at radius 3 is 2.71 bits per heavy atom. The van der Waals surface area contributed by atoms with Gasteiger partial charge in [0, 0.05) is 13.1 Å². The van der Waals surface area contributed by atoms with Crippen molar-refractivity contribution in [2.75, 3.05) is 23.8 Å². The first-order valence-electron chi connectivity index (χ1n) is 4.69. The largest absolute Gasteiger partial charge is 0.381 e. The van der Waals surface area contributed by atoms with Crippen LogP contribution in [-0.4, -0.2) is 32.4 Å². The topological polar surface area (TPSA) is 64.4 Å². The molecule has 0 fully saturated rings. The summed E-state index contributed by atoms with van der Waals surface area (Å²) in [7, 11) is 0. The standard InChI is InChI=1S/C8H14N6/c1-3-12(4-2)14-6-11-13-5-10-7(9)8(13)14/h5-6H,3-4,9H2,1-2H3. The quantitative estimate of drug-likeness (QED) is 0.752. The van der Waals surface area contributed by atoms with Crippen LogP contribution >= 0.6 is 0 Å². The van der Waals surface area contributed by atoms with Crippen molar-refractivity contribution in [3.8, 4) is 0 Å². The normalized spacial score (nSPS) is 11.0. The van der Waals surface area contributed by atoms with Crippen molar-refractivity contribution in [1.82, 2.24) is 19.3 Å². The summed E-state index contributed by atoms with van der Waals surface area (Å²) in [5.41, 5.74) is 6.58. The molecule has 0 aromatic carbocycles. The molecule has 0 aliphatic carbocycles. The molecule has 2 rings (SSSR count).